The van der Waals surface area contributed by atoms with Crippen molar-refractivity contribution in [1.29, 1.82) is 0 Å². The maximum Gasteiger partial charge on any atom is 0.229 e. The standard InChI is InChI=1S/C17H24N2O2/c1-11(2)7-16(20)18-14-9-17(21)19(10-14)15-6-5-12(3)13(4)8-15/h5-6,8,11,14H,7,9-10H2,1-4H3,(H,18,20)/t14-/m1/s1. The molecule has 1 heterocycles. The van der Waals surface area contributed by atoms with Gasteiger partial charge in [0, 0.05) is 25.1 Å². The number of benzene rings is 1. The molecule has 0 aromatic heterocycles. The molecule has 0 spiro atoms. The van der Waals surface area contributed by atoms with Crippen molar-refractivity contribution in [3.8, 4) is 0 Å². The molecule has 0 radical (unpaired) electrons. The lowest BCUT2D eigenvalue weighted by Gasteiger charge is -2.18. The van der Waals surface area contributed by atoms with E-state index < -0.39 is 0 Å². The Bertz CT molecular complexity index is 552. The van der Waals surface area contributed by atoms with Crippen molar-refractivity contribution in [2.75, 3.05) is 11.4 Å². The first-order valence-corrected chi connectivity index (χ1v) is 7.53. The molecule has 1 aliphatic rings. The maximum atomic E-state index is 12.2. The van der Waals surface area contributed by atoms with E-state index in [2.05, 4.69) is 12.2 Å². The van der Waals surface area contributed by atoms with E-state index in [0.717, 1.165) is 5.69 Å². The molecule has 21 heavy (non-hydrogen) atoms. The smallest absolute Gasteiger partial charge is 0.229 e. The van der Waals surface area contributed by atoms with Crippen LogP contribution in [-0.2, 0) is 9.59 Å². The van der Waals surface area contributed by atoms with Gasteiger partial charge in [-0.05, 0) is 43.0 Å². The zero-order chi connectivity index (χ0) is 15.6. The molecule has 1 atom stereocenters. The zero-order valence-electron chi connectivity index (χ0n) is 13.3. The number of rotatable bonds is 4. The summed E-state index contributed by atoms with van der Waals surface area (Å²) in [7, 11) is 0. The Kier molecular flexibility index (Phi) is 4.66. The summed E-state index contributed by atoms with van der Waals surface area (Å²) < 4.78 is 0. The van der Waals surface area contributed by atoms with E-state index in [4.69, 9.17) is 0 Å². The topological polar surface area (TPSA) is 49.4 Å². The maximum absolute atomic E-state index is 12.2. The largest absolute Gasteiger partial charge is 0.351 e. The van der Waals surface area contributed by atoms with Crippen LogP contribution in [0.5, 0.6) is 0 Å². The SMILES string of the molecule is Cc1ccc(N2C[C@H](NC(=O)CC(C)C)CC2=O)cc1C. The first-order valence-electron chi connectivity index (χ1n) is 7.53. The lowest BCUT2D eigenvalue weighted by molar-refractivity contribution is -0.122. The van der Waals surface area contributed by atoms with E-state index in [1.54, 1.807) is 4.90 Å². The number of nitrogens with zero attached hydrogens (tertiary/aromatic N) is 1. The highest BCUT2D eigenvalue weighted by molar-refractivity contribution is 5.97. The third kappa shape index (κ3) is 3.84. The zero-order valence-corrected chi connectivity index (χ0v) is 13.3. The van der Waals surface area contributed by atoms with Crippen molar-refractivity contribution in [1.82, 2.24) is 5.32 Å². The molecular formula is C17H24N2O2. The molecule has 0 saturated carbocycles. The Labute approximate surface area is 126 Å². The lowest BCUT2D eigenvalue weighted by Crippen LogP contribution is -2.37. The van der Waals surface area contributed by atoms with Gasteiger partial charge in [0.15, 0.2) is 0 Å². The first kappa shape index (κ1) is 15.5. The quantitative estimate of drug-likeness (QED) is 0.925. The number of anilines is 1. The van der Waals surface area contributed by atoms with Crippen LogP contribution in [-0.4, -0.2) is 24.4 Å². The van der Waals surface area contributed by atoms with Crippen molar-refractivity contribution in [3.63, 3.8) is 0 Å². The number of carbonyl (C=O) groups is 2. The summed E-state index contributed by atoms with van der Waals surface area (Å²) in [5, 5.41) is 2.96. The molecule has 4 nitrogen and oxygen atoms in total. The summed E-state index contributed by atoms with van der Waals surface area (Å²) in [6.45, 7) is 8.69. The fourth-order valence-electron chi connectivity index (χ4n) is 2.60. The highest BCUT2D eigenvalue weighted by Gasteiger charge is 2.31. The molecule has 2 amide bonds. The second-order valence-corrected chi connectivity index (χ2v) is 6.34. The van der Waals surface area contributed by atoms with Gasteiger partial charge in [-0.15, -0.1) is 0 Å². The Hall–Kier alpha value is -1.84. The van der Waals surface area contributed by atoms with Crippen LogP contribution in [0.15, 0.2) is 18.2 Å². The van der Waals surface area contributed by atoms with Crippen molar-refractivity contribution in [2.24, 2.45) is 5.92 Å². The summed E-state index contributed by atoms with van der Waals surface area (Å²) in [5.74, 6) is 0.441. The third-order valence-electron chi connectivity index (χ3n) is 3.89. The van der Waals surface area contributed by atoms with E-state index in [-0.39, 0.29) is 17.9 Å². The molecule has 1 fully saturated rings. The van der Waals surface area contributed by atoms with Gasteiger partial charge in [-0.25, -0.2) is 0 Å². The summed E-state index contributed by atoms with van der Waals surface area (Å²) >= 11 is 0. The van der Waals surface area contributed by atoms with Crippen molar-refractivity contribution < 1.29 is 9.59 Å². The monoisotopic (exact) mass is 288 g/mol. The number of hydrogen-bond acceptors (Lipinski definition) is 2. The molecule has 114 valence electrons. The van der Waals surface area contributed by atoms with E-state index in [1.165, 1.54) is 11.1 Å². The number of amides is 2. The van der Waals surface area contributed by atoms with Crippen LogP contribution in [0, 0.1) is 19.8 Å². The minimum absolute atomic E-state index is 0.0322. The molecule has 0 unspecified atom stereocenters. The third-order valence-corrected chi connectivity index (χ3v) is 3.89. The minimum Gasteiger partial charge on any atom is -0.351 e. The molecule has 4 heteroatoms. The van der Waals surface area contributed by atoms with E-state index >= 15 is 0 Å². The molecular weight excluding hydrogens is 264 g/mol. The predicted octanol–water partition coefficient (Wildman–Crippen LogP) is 2.57. The molecule has 2 rings (SSSR count). The van der Waals surface area contributed by atoms with Crippen LogP contribution in [0.4, 0.5) is 5.69 Å². The van der Waals surface area contributed by atoms with Gasteiger partial charge in [0.1, 0.15) is 0 Å². The van der Waals surface area contributed by atoms with Crippen LogP contribution in [0.3, 0.4) is 0 Å². The summed E-state index contributed by atoms with van der Waals surface area (Å²) in [6.07, 6.45) is 0.894. The second kappa shape index (κ2) is 6.29. The van der Waals surface area contributed by atoms with Gasteiger partial charge in [-0.3, -0.25) is 9.59 Å². The Morgan fingerprint density at radius 3 is 2.67 bits per heavy atom. The lowest BCUT2D eigenvalue weighted by atomic mass is 10.1. The van der Waals surface area contributed by atoms with Gasteiger partial charge in [0.05, 0.1) is 6.04 Å². The normalized spacial score (nSPS) is 18.4. The van der Waals surface area contributed by atoms with Crippen molar-refractivity contribution in [2.45, 2.75) is 46.6 Å². The van der Waals surface area contributed by atoms with Gasteiger partial charge >= 0.3 is 0 Å². The summed E-state index contributed by atoms with van der Waals surface area (Å²) in [4.78, 5) is 25.7. The molecule has 0 bridgehead atoms. The average Bonchev–Trinajstić information content (AvgIpc) is 2.72. The first-order chi connectivity index (χ1) is 9.86. The van der Waals surface area contributed by atoms with Crippen LogP contribution < -0.4 is 10.2 Å². The number of hydrogen-bond donors (Lipinski definition) is 1. The Morgan fingerprint density at radius 1 is 1.33 bits per heavy atom. The highest BCUT2D eigenvalue weighted by atomic mass is 16.2. The van der Waals surface area contributed by atoms with Crippen molar-refractivity contribution in [3.05, 3.63) is 29.3 Å². The molecule has 0 aliphatic carbocycles. The summed E-state index contributed by atoms with van der Waals surface area (Å²) in [6, 6.07) is 5.96. The number of carbonyl (C=O) groups excluding carboxylic acids is 2. The fourth-order valence-corrected chi connectivity index (χ4v) is 2.60. The van der Waals surface area contributed by atoms with Gasteiger partial charge in [-0.1, -0.05) is 19.9 Å². The van der Waals surface area contributed by atoms with Crippen LogP contribution in [0.1, 0.15) is 37.8 Å². The second-order valence-electron chi connectivity index (χ2n) is 6.34. The van der Waals surface area contributed by atoms with Gasteiger partial charge < -0.3 is 10.2 Å². The molecule has 1 aliphatic heterocycles. The molecule has 1 aromatic rings. The van der Waals surface area contributed by atoms with Gasteiger partial charge in [0.25, 0.3) is 0 Å². The molecule has 1 saturated heterocycles. The van der Waals surface area contributed by atoms with E-state index in [9.17, 15) is 9.59 Å². The van der Waals surface area contributed by atoms with E-state index in [1.807, 2.05) is 39.0 Å². The summed E-state index contributed by atoms with van der Waals surface area (Å²) in [5.41, 5.74) is 3.31. The molecule has 1 aromatic carbocycles. The number of nitrogens with one attached hydrogen (secondary N) is 1. The minimum atomic E-state index is -0.0784. The van der Waals surface area contributed by atoms with Gasteiger partial charge in [-0.2, -0.15) is 0 Å². The van der Waals surface area contributed by atoms with Crippen LogP contribution >= 0.6 is 0 Å². The van der Waals surface area contributed by atoms with E-state index in [0.29, 0.717) is 25.3 Å². The molecule has 1 N–H and O–H groups in total. The number of aryl methyl sites for hydroxylation is 2. The van der Waals surface area contributed by atoms with Crippen LogP contribution in [0.25, 0.3) is 0 Å². The van der Waals surface area contributed by atoms with Crippen molar-refractivity contribution >= 4 is 17.5 Å². The predicted molar refractivity (Wildman–Crippen MR) is 84.3 cm³/mol. The average molecular weight is 288 g/mol. The highest BCUT2D eigenvalue weighted by Crippen LogP contribution is 2.24. The Balaban J connectivity index is 2.02. The Morgan fingerprint density at radius 2 is 2.05 bits per heavy atom. The van der Waals surface area contributed by atoms with Gasteiger partial charge in [0.2, 0.25) is 11.8 Å². The fraction of sp³-hybridized carbons (Fsp3) is 0.529. The van der Waals surface area contributed by atoms with Crippen LogP contribution in [0.2, 0.25) is 0 Å².